The molecule has 0 radical (unpaired) electrons. The number of benzene rings is 1. The summed E-state index contributed by atoms with van der Waals surface area (Å²) in [5.41, 5.74) is 2.60. The molecule has 88 valence electrons. The van der Waals surface area contributed by atoms with Crippen molar-refractivity contribution in [2.75, 3.05) is 0 Å². The Bertz CT molecular complexity index is 502. The van der Waals surface area contributed by atoms with Crippen molar-refractivity contribution in [1.82, 2.24) is 9.78 Å². The van der Waals surface area contributed by atoms with Crippen LogP contribution in [0.2, 0.25) is 0 Å². The Hall–Kier alpha value is -1.90. The van der Waals surface area contributed by atoms with Gasteiger partial charge in [-0.05, 0) is 13.3 Å². The van der Waals surface area contributed by atoms with E-state index in [1.54, 1.807) is 6.20 Å². The Morgan fingerprint density at radius 3 is 2.65 bits per heavy atom. The molecule has 0 aliphatic rings. The molecule has 3 nitrogen and oxygen atoms in total. The lowest BCUT2D eigenvalue weighted by atomic mass is 10.1. The van der Waals surface area contributed by atoms with E-state index in [-0.39, 0.29) is 0 Å². The van der Waals surface area contributed by atoms with E-state index in [4.69, 9.17) is 0 Å². The monoisotopic (exact) mass is 228 g/mol. The Morgan fingerprint density at radius 2 is 2.06 bits per heavy atom. The van der Waals surface area contributed by atoms with Gasteiger partial charge in [0.15, 0.2) is 6.29 Å². The third-order valence-electron chi connectivity index (χ3n) is 3.01. The lowest BCUT2D eigenvalue weighted by molar-refractivity contribution is 0.112. The van der Waals surface area contributed by atoms with E-state index in [2.05, 4.69) is 18.9 Å². The third-order valence-corrected chi connectivity index (χ3v) is 3.01. The minimum absolute atomic E-state index is 0.291. The average molecular weight is 228 g/mol. The van der Waals surface area contributed by atoms with Crippen molar-refractivity contribution in [2.45, 2.75) is 26.3 Å². The number of carbonyl (C=O) groups excluding carboxylic acids is 1. The van der Waals surface area contributed by atoms with Crippen molar-refractivity contribution in [3.05, 3.63) is 42.1 Å². The largest absolute Gasteiger partial charge is 0.298 e. The first-order chi connectivity index (χ1) is 8.27. The van der Waals surface area contributed by atoms with Crippen LogP contribution in [0.4, 0.5) is 0 Å². The Kier molecular flexibility index (Phi) is 3.38. The summed E-state index contributed by atoms with van der Waals surface area (Å²) in [7, 11) is 0. The maximum absolute atomic E-state index is 11.1. The highest BCUT2D eigenvalue weighted by Crippen LogP contribution is 2.26. The van der Waals surface area contributed by atoms with Gasteiger partial charge in [0.2, 0.25) is 0 Å². The molecule has 0 amide bonds. The maximum Gasteiger partial charge on any atom is 0.153 e. The molecule has 0 saturated heterocycles. The third kappa shape index (κ3) is 2.13. The summed E-state index contributed by atoms with van der Waals surface area (Å²) in [6, 6.07) is 10.2. The number of aldehydes is 1. The topological polar surface area (TPSA) is 34.9 Å². The van der Waals surface area contributed by atoms with Crippen LogP contribution in [0.15, 0.2) is 36.5 Å². The van der Waals surface area contributed by atoms with E-state index < -0.39 is 0 Å². The zero-order valence-electron chi connectivity index (χ0n) is 10.1. The Morgan fingerprint density at radius 1 is 1.35 bits per heavy atom. The second-order valence-corrected chi connectivity index (χ2v) is 4.13. The quantitative estimate of drug-likeness (QED) is 0.752. The first kappa shape index (κ1) is 11.6. The highest BCUT2D eigenvalue weighted by atomic mass is 16.1. The molecule has 0 fully saturated rings. The van der Waals surface area contributed by atoms with Gasteiger partial charge in [0.05, 0.1) is 17.5 Å². The van der Waals surface area contributed by atoms with Crippen molar-refractivity contribution in [3.8, 4) is 11.3 Å². The molecule has 1 atom stereocenters. The van der Waals surface area contributed by atoms with Crippen molar-refractivity contribution in [1.29, 1.82) is 0 Å². The van der Waals surface area contributed by atoms with E-state index >= 15 is 0 Å². The van der Waals surface area contributed by atoms with Gasteiger partial charge in [0.1, 0.15) is 0 Å². The molecule has 0 aliphatic carbocycles. The zero-order valence-corrected chi connectivity index (χ0v) is 10.1. The number of nitrogens with zero attached hydrogens (tertiary/aromatic N) is 2. The van der Waals surface area contributed by atoms with Gasteiger partial charge < -0.3 is 0 Å². The summed E-state index contributed by atoms with van der Waals surface area (Å²) < 4.78 is 1.93. The van der Waals surface area contributed by atoms with Gasteiger partial charge in [0.25, 0.3) is 0 Å². The Labute approximate surface area is 101 Å². The molecule has 1 heterocycles. The first-order valence-corrected chi connectivity index (χ1v) is 5.86. The number of carbonyl (C=O) groups is 1. The maximum atomic E-state index is 11.1. The van der Waals surface area contributed by atoms with Crippen LogP contribution in [0.3, 0.4) is 0 Å². The molecular formula is C14H16N2O. The summed E-state index contributed by atoms with van der Waals surface area (Å²) in [6.45, 7) is 4.22. The lowest BCUT2D eigenvalue weighted by Gasteiger charge is -2.14. The molecule has 0 N–H and O–H groups in total. The van der Waals surface area contributed by atoms with Crippen molar-refractivity contribution < 1.29 is 4.79 Å². The fourth-order valence-corrected chi connectivity index (χ4v) is 1.86. The molecule has 1 unspecified atom stereocenters. The van der Waals surface area contributed by atoms with Gasteiger partial charge in [-0.3, -0.25) is 9.48 Å². The second kappa shape index (κ2) is 4.95. The molecule has 0 bridgehead atoms. The van der Waals surface area contributed by atoms with E-state index in [0.29, 0.717) is 11.6 Å². The van der Waals surface area contributed by atoms with Crippen molar-refractivity contribution in [3.63, 3.8) is 0 Å². The Balaban J connectivity index is 2.57. The van der Waals surface area contributed by atoms with Gasteiger partial charge in [-0.25, -0.2) is 0 Å². The van der Waals surface area contributed by atoms with Crippen LogP contribution in [-0.2, 0) is 0 Å². The number of hydrogen-bond acceptors (Lipinski definition) is 2. The van der Waals surface area contributed by atoms with E-state index in [1.807, 2.05) is 35.0 Å². The molecule has 1 aromatic heterocycles. The predicted molar refractivity (Wildman–Crippen MR) is 68.1 cm³/mol. The first-order valence-electron chi connectivity index (χ1n) is 5.86. The minimum atomic E-state index is 0.291. The molecule has 2 aromatic rings. The summed E-state index contributed by atoms with van der Waals surface area (Å²) in [5.74, 6) is 0. The molecule has 0 spiro atoms. The fourth-order valence-electron chi connectivity index (χ4n) is 1.86. The van der Waals surface area contributed by atoms with E-state index in [1.165, 1.54) is 0 Å². The van der Waals surface area contributed by atoms with Crippen LogP contribution >= 0.6 is 0 Å². The normalized spacial score (nSPS) is 12.4. The summed E-state index contributed by atoms with van der Waals surface area (Å²) in [6.07, 6.45) is 3.50. The summed E-state index contributed by atoms with van der Waals surface area (Å²) >= 11 is 0. The molecule has 3 heteroatoms. The average Bonchev–Trinajstić information content (AvgIpc) is 2.82. The fraction of sp³-hybridized carbons (Fsp3) is 0.286. The smallest absolute Gasteiger partial charge is 0.153 e. The SMILES string of the molecule is CCC(C)n1ncc(C=O)c1-c1ccccc1. The van der Waals surface area contributed by atoms with Crippen LogP contribution in [0.5, 0.6) is 0 Å². The molecule has 17 heavy (non-hydrogen) atoms. The molecule has 0 aliphatic heterocycles. The van der Waals surface area contributed by atoms with Gasteiger partial charge in [-0.1, -0.05) is 37.3 Å². The van der Waals surface area contributed by atoms with E-state index in [0.717, 1.165) is 24.0 Å². The van der Waals surface area contributed by atoms with Gasteiger partial charge >= 0.3 is 0 Å². The number of rotatable bonds is 4. The predicted octanol–water partition coefficient (Wildman–Crippen LogP) is 3.33. The van der Waals surface area contributed by atoms with Crippen molar-refractivity contribution >= 4 is 6.29 Å². The summed E-state index contributed by atoms with van der Waals surface area (Å²) in [4.78, 5) is 11.1. The lowest BCUT2D eigenvalue weighted by Crippen LogP contribution is -2.07. The van der Waals surface area contributed by atoms with Gasteiger partial charge in [-0.15, -0.1) is 0 Å². The molecule has 0 saturated carbocycles. The highest BCUT2D eigenvalue weighted by Gasteiger charge is 2.15. The number of aromatic nitrogens is 2. The van der Waals surface area contributed by atoms with E-state index in [9.17, 15) is 4.79 Å². The standard InChI is InChI=1S/C14H16N2O/c1-3-11(2)16-14(13(10-17)9-15-16)12-7-5-4-6-8-12/h4-11H,3H2,1-2H3. The molecule has 2 rings (SSSR count). The minimum Gasteiger partial charge on any atom is -0.298 e. The molecule has 1 aromatic carbocycles. The molecular weight excluding hydrogens is 212 g/mol. The van der Waals surface area contributed by atoms with Crippen molar-refractivity contribution in [2.24, 2.45) is 0 Å². The van der Waals surface area contributed by atoms with Crippen LogP contribution in [0.1, 0.15) is 36.7 Å². The van der Waals surface area contributed by atoms with Gasteiger partial charge in [0, 0.05) is 11.6 Å². The van der Waals surface area contributed by atoms with Crippen LogP contribution in [0, 0.1) is 0 Å². The number of hydrogen-bond donors (Lipinski definition) is 0. The van der Waals surface area contributed by atoms with Crippen LogP contribution in [-0.4, -0.2) is 16.1 Å². The summed E-state index contributed by atoms with van der Waals surface area (Å²) in [5, 5.41) is 4.32. The van der Waals surface area contributed by atoms with Gasteiger partial charge in [-0.2, -0.15) is 5.10 Å². The second-order valence-electron chi connectivity index (χ2n) is 4.13. The highest BCUT2D eigenvalue weighted by molar-refractivity contribution is 5.85. The van der Waals surface area contributed by atoms with Crippen LogP contribution < -0.4 is 0 Å². The van der Waals surface area contributed by atoms with Crippen LogP contribution in [0.25, 0.3) is 11.3 Å². The zero-order chi connectivity index (χ0) is 12.3.